The van der Waals surface area contributed by atoms with Gasteiger partial charge in [-0.3, -0.25) is 0 Å². The number of rotatable bonds is 4. The third-order valence-corrected chi connectivity index (χ3v) is 2.08. The minimum Gasteiger partial charge on any atom is -0.477 e. The van der Waals surface area contributed by atoms with E-state index in [0.717, 1.165) is 0 Å². The number of carboxylic acids is 1. The van der Waals surface area contributed by atoms with Crippen molar-refractivity contribution in [2.45, 2.75) is 6.92 Å². The smallest absolute Gasteiger partial charge is 0.352 e. The molecular formula is C7H11NO2S. The van der Waals surface area contributed by atoms with E-state index in [9.17, 15) is 4.79 Å². The van der Waals surface area contributed by atoms with Crippen LogP contribution in [-0.4, -0.2) is 16.8 Å². The van der Waals surface area contributed by atoms with Gasteiger partial charge in [0.05, 0.1) is 0 Å². The standard InChI is InChI=1S/C7H11NO2S/c1-3-4-11-5(2)6(8)7(9)10/h3H,1,4,8H2,2H3,(H,9,10). The molecular weight excluding hydrogens is 162 g/mol. The van der Waals surface area contributed by atoms with E-state index in [-0.39, 0.29) is 5.70 Å². The van der Waals surface area contributed by atoms with Crippen molar-refractivity contribution >= 4 is 17.7 Å². The monoisotopic (exact) mass is 173 g/mol. The summed E-state index contributed by atoms with van der Waals surface area (Å²) in [6, 6.07) is 0. The van der Waals surface area contributed by atoms with Crippen molar-refractivity contribution < 1.29 is 9.90 Å². The molecule has 0 heterocycles. The molecule has 0 bridgehead atoms. The second kappa shape index (κ2) is 4.85. The fourth-order valence-electron chi connectivity index (χ4n) is 0.412. The molecule has 0 radical (unpaired) electrons. The molecule has 0 aromatic heterocycles. The van der Waals surface area contributed by atoms with Gasteiger partial charge in [-0.2, -0.15) is 0 Å². The van der Waals surface area contributed by atoms with Crippen LogP contribution in [0.15, 0.2) is 23.3 Å². The lowest BCUT2D eigenvalue weighted by atomic mass is 10.4. The summed E-state index contributed by atoms with van der Waals surface area (Å²) in [4.78, 5) is 10.9. The first-order valence-corrected chi connectivity index (χ1v) is 4.01. The molecule has 62 valence electrons. The van der Waals surface area contributed by atoms with Crippen LogP contribution in [0, 0.1) is 0 Å². The Hall–Kier alpha value is -0.900. The van der Waals surface area contributed by atoms with Crippen molar-refractivity contribution in [3.63, 3.8) is 0 Å². The van der Waals surface area contributed by atoms with Crippen molar-refractivity contribution in [1.82, 2.24) is 0 Å². The molecule has 3 nitrogen and oxygen atoms in total. The van der Waals surface area contributed by atoms with Gasteiger partial charge in [0, 0.05) is 10.7 Å². The third kappa shape index (κ3) is 3.72. The first-order valence-electron chi connectivity index (χ1n) is 3.03. The van der Waals surface area contributed by atoms with E-state index in [1.165, 1.54) is 11.8 Å². The van der Waals surface area contributed by atoms with Gasteiger partial charge < -0.3 is 10.8 Å². The molecule has 0 unspecified atom stereocenters. The van der Waals surface area contributed by atoms with Gasteiger partial charge in [-0.1, -0.05) is 6.08 Å². The Morgan fingerprint density at radius 2 is 2.36 bits per heavy atom. The predicted molar refractivity (Wildman–Crippen MR) is 47.2 cm³/mol. The van der Waals surface area contributed by atoms with Crippen molar-refractivity contribution in [3.8, 4) is 0 Å². The highest BCUT2D eigenvalue weighted by molar-refractivity contribution is 8.03. The highest BCUT2D eigenvalue weighted by Gasteiger charge is 2.05. The average Bonchev–Trinajstić information content (AvgIpc) is 1.98. The molecule has 4 heteroatoms. The molecule has 0 aliphatic heterocycles. The molecule has 11 heavy (non-hydrogen) atoms. The number of carboxylic acid groups (broad SMARTS) is 1. The Labute approximate surface area is 70.0 Å². The normalized spacial score (nSPS) is 12.1. The Bertz CT molecular complexity index is 199. The van der Waals surface area contributed by atoms with E-state index in [1.807, 2.05) is 0 Å². The fourth-order valence-corrected chi connectivity index (χ4v) is 1.02. The third-order valence-electron chi connectivity index (χ3n) is 1.03. The number of nitrogens with two attached hydrogens (primary N) is 1. The number of allylic oxidation sites excluding steroid dienone is 1. The van der Waals surface area contributed by atoms with Crippen LogP contribution in [-0.2, 0) is 4.79 Å². The molecule has 0 saturated carbocycles. The summed E-state index contributed by atoms with van der Waals surface area (Å²) in [7, 11) is 0. The van der Waals surface area contributed by atoms with E-state index >= 15 is 0 Å². The van der Waals surface area contributed by atoms with Crippen LogP contribution in [0.2, 0.25) is 0 Å². The first kappa shape index (κ1) is 10.1. The van der Waals surface area contributed by atoms with E-state index in [1.54, 1.807) is 13.0 Å². The molecule has 0 spiro atoms. The Kier molecular flexibility index (Phi) is 4.45. The van der Waals surface area contributed by atoms with Gasteiger partial charge in [0.15, 0.2) is 0 Å². The predicted octanol–water partition coefficient (Wildman–Crippen LogP) is 1.18. The molecule has 0 amide bonds. The van der Waals surface area contributed by atoms with Crippen molar-refractivity contribution in [2.75, 3.05) is 5.75 Å². The van der Waals surface area contributed by atoms with Crippen LogP contribution in [0.5, 0.6) is 0 Å². The zero-order chi connectivity index (χ0) is 8.85. The van der Waals surface area contributed by atoms with Gasteiger partial charge in [-0.25, -0.2) is 4.79 Å². The van der Waals surface area contributed by atoms with E-state index in [0.29, 0.717) is 10.7 Å². The summed E-state index contributed by atoms with van der Waals surface area (Å²) in [5.41, 5.74) is 5.14. The Morgan fingerprint density at radius 1 is 1.82 bits per heavy atom. The fraction of sp³-hybridized carbons (Fsp3) is 0.286. The highest BCUT2D eigenvalue weighted by atomic mass is 32.2. The van der Waals surface area contributed by atoms with Crippen LogP contribution >= 0.6 is 11.8 Å². The summed E-state index contributed by atoms with van der Waals surface area (Å²) in [5, 5.41) is 8.43. The summed E-state index contributed by atoms with van der Waals surface area (Å²) in [6.45, 7) is 5.18. The summed E-state index contributed by atoms with van der Waals surface area (Å²) < 4.78 is 0. The topological polar surface area (TPSA) is 63.3 Å². The quantitative estimate of drug-likeness (QED) is 0.495. The number of aliphatic carboxylic acids is 1. The van der Waals surface area contributed by atoms with Crippen LogP contribution in [0.1, 0.15) is 6.92 Å². The van der Waals surface area contributed by atoms with Crippen LogP contribution in [0.3, 0.4) is 0 Å². The molecule has 0 saturated heterocycles. The summed E-state index contributed by atoms with van der Waals surface area (Å²) in [6.07, 6.45) is 1.70. The highest BCUT2D eigenvalue weighted by Crippen LogP contribution is 2.16. The summed E-state index contributed by atoms with van der Waals surface area (Å²) >= 11 is 1.37. The van der Waals surface area contributed by atoms with E-state index in [2.05, 4.69) is 6.58 Å². The van der Waals surface area contributed by atoms with Crippen molar-refractivity contribution in [3.05, 3.63) is 23.3 Å². The number of carbonyl (C=O) groups is 1. The Balaban J connectivity index is 4.15. The number of thioether (sulfide) groups is 1. The minimum absolute atomic E-state index is 0.0862. The van der Waals surface area contributed by atoms with Crippen LogP contribution in [0.25, 0.3) is 0 Å². The molecule has 0 atom stereocenters. The largest absolute Gasteiger partial charge is 0.477 e. The lowest BCUT2D eigenvalue weighted by Gasteiger charge is -1.99. The van der Waals surface area contributed by atoms with Crippen molar-refractivity contribution in [1.29, 1.82) is 0 Å². The van der Waals surface area contributed by atoms with Gasteiger partial charge in [0.25, 0.3) is 0 Å². The molecule has 0 rings (SSSR count). The van der Waals surface area contributed by atoms with Gasteiger partial charge in [0.2, 0.25) is 0 Å². The van der Waals surface area contributed by atoms with Crippen LogP contribution in [0.4, 0.5) is 0 Å². The van der Waals surface area contributed by atoms with Gasteiger partial charge in [0.1, 0.15) is 5.70 Å². The van der Waals surface area contributed by atoms with Gasteiger partial charge in [-0.05, 0) is 6.92 Å². The van der Waals surface area contributed by atoms with Crippen molar-refractivity contribution in [2.24, 2.45) is 5.73 Å². The maximum atomic E-state index is 10.3. The zero-order valence-corrected chi connectivity index (χ0v) is 7.15. The zero-order valence-electron chi connectivity index (χ0n) is 6.33. The molecule has 0 aliphatic carbocycles. The van der Waals surface area contributed by atoms with Gasteiger partial charge >= 0.3 is 5.97 Å². The van der Waals surface area contributed by atoms with Gasteiger partial charge in [-0.15, -0.1) is 18.3 Å². The molecule has 0 aliphatic rings. The number of hydrogen-bond donors (Lipinski definition) is 2. The lowest BCUT2D eigenvalue weighted by molar-refractivity contribution is -0.132. The molecule has 0 aromatic rings. The second-order valence-corrected chi connectivity index (χ2v) is 3.11. The minimum atomic E-state index is -1.07. The second-order valence-electron chi connectivity index (χ2n) is 1.87. The SMILES string of the molecule is C=CCSC(C)=C(N)C(=O)O. The average molecular weight is 173 g/mol. The summed E-state index contributed by atoms with van der Waals surface area (Å²) in [5.74, 6) is -0.390. The molecule has 0 fully saturated rings. The van der Waals surface area contributed by atoms with E-state index in [4.69, 9.17) is 10.8 Å². The van der Waals surface area contributed by atoms with Crippen LogP contribution < -0.4 is 5.73 Å². The molecule has 0 aromatic carbocycles. The maximum Gasteiger partial charge on any atom is 0.352 e. The Morgan fingerprint density at radius 3 is 2.73 bits per heavy atom. The lowest BCUT2D eigenvalue weighted by Crippen LogP contribution is -2.11. The molecule has 3 N–H and O–H groups in total. The maximum absolute atomic E-state index is 10.3. The number of hydrogen-bond acceptors (Lipinski definition) is 3. The van der Waals surface area contributed by atoms with E-state index < -0.39 is 5.97 Å². The first-order chi connectivity index (χ1) is 5.09.